The molecular weight excluding hydrogens is 354 g/mol. The zero-order valence-electron chi connectivity index (χ0n) is 17.7. The van der Waals surface area contributed by atoms with Gasteiger partial charge < -0.3 is 10.5 Å². The highest BCUT2D eigenvalue weighted by atomic mass is 16.5. The average Bonchev–Trinajstić information content (AvgIpc) is 2.80. The van der Waals surface area contributed by atoms with E-state index in [1.54, 1.807) is 0 Å². The summed E-state index contributed by atoms with van der Waals surface area (Å²) in [5.74, 6) is 1.72. The highest BCUT2D eigenvalue weighted by Crippen LogP contribution is 2.30. The van der Waals surface area contributed by atoms with E-state index in [2.05, 4.69) is 66.7 Å². The summed E-state index contributed by atoms with van der Waals surface area (Å²) < 4.78 is 6.06. The average molecular weight is 388 g/mol. The first-order valence-corrected chi connectivity index (χ1v) is 10.9. The van der Waals surface area contributed by atoms with Gasteiger partial charge in [0.25, 0.3) is 0 Å². The molecule has 0 spiro atoms. The molecule has 0 aromatic heterocycles. The fourth-order valence-electron chi connectivity index (χ4n) is 3.97. The monoisotopic (exact) mass is 387 g/mol. The fourth-order valence-corrected chi connectivity index (χ4v) is 3.97. The highest BCUT2D eigenvalue weighted by Gasteiger charge is 2.18. The van der Waals surface area contributed by atoms with Crippen molar-refractivity contribution in [2.45, 2.75) is 46.1 Å². The molecule has 29 heavy (non-hydrogen) atoms. The van der Waals surface area contributed by atoms with Crippen molar-refractivity contribution in [3.05, 3.63) is 89.5 Å². The summed E-state index contributed by atoms with van der Waals surface area (Å²) in [7, 11) is 0. The van der Waals surface area contributed by atoms with Crippen molar-refractivity contribution in [3.8, 4) is 16.9 Å². The molecule has 1 aliphatic rings. The predicted molar refractivity (Wildman–Crippen MR) is 123 cm³/mol. The van der Waals surface area contributed by atoms with Gasteiger partial charge in [-0.1, -0.05) is 74.5 Å². The van der Waals surface area contributed by atoms with Gasteiger partial charge in [-0.05, 0) is 78.1 Å². The molecule has 1 unspecified atom stereocenters. The lowest BCUT2D eigenvalue weighted by atomic mass is 9.82. The maximum Gasteiger partial charge on any atom is 0.120 e. The molecule has 0 fully saturated rings. The Morgan fingerprint density at radius 3 is 2.31 bits per heavy atom. The van der Waals surface area contributed by atoms with Crippen LogP contribution in [0.25, 0.3) is 11.1 Å². The molecule has 1 atom stereocenters. The maximum absolute atomic E-state index is 6.06. The first kappa shape index (κ1) is 21.1. The first-order chi connectivity index (χ1) is 14.3. The predicted octanol–water partition coefficient (Wildman–Crippen LogP) is 6.41. The second-order valence-electron chi connectivity index (χ2n) is 7.47. The largest absolute Gasteiger partial charge is 0.489 e. The van der Waals surface area contributed by atoms with Crippen LogP contribution < -0.4 is 10.5 Å². The minimum Gasteiger partial charge on any atom is -0.489 e. The van der Waals surface area contributed by atoms with E-state index in [-0.39, 0.29) is 0 Å². The molecule has 0 aliphatic heterocycles. The second kappa shape index (κ2) is 10.8. The van der Waals surface area contributed by atoms with Crippen LogP contribution in [0.2, 0.25) is 0 Å². The Bertz CT molecular complexity index is 871. The summed E-state index contributed by atoms with van der Waals surface area (Å²) in [5, 5.41) is 0. The smallest absolute Gasteiger partial charge is 0.120 e. The SMILES string of the molecule is CC.NCCC1CCc2cc(OCc3ccc(-c4ccccc4)cc3)ccc2C1. The zero-order chi connectivity index (χ0) is 20.5. The number of nitrogens with two attached hydrogens (primary N) is 1. The molecule has 0 saturated heterocycles. The van der Waals surface area contributed by atoms with E-state index in [1.165, 1.54) is 34.2 Å². The molecule has 2 N–H and O–H groups in total. The van der Waals surface area contributed by atoms with E-state index in [0.717, 1.165) is 37.5 Å². The molecule has 2 nitrogen and oxygen atoms in total. The van der Waals surface area contributed by atoms with Crippen LogP contribution in [0.1, 0.15) is 43.4 Å². The molecule has 0 heterocycles. The van der Waals surface area contributed by atoms with Crippen LogP contribution in [-0.4, -0.2) is 6.54 Å². The minimum atomic E-state index is 0.601. The van der Waals surface area contributed by atoms with Crippen LogP contribution >= 0.6 is 0 Å². The summed E-state index contributed by atoms with van der Waals surface area (Å²) in [6, 6.07) is 25.7. The molecule has 0 saturated carbocycles. The van der Waals surface area contributed by atoms with E-state index < -0.39 is 0 Å². The van der Waals surface area contributed by atoms with Gasteiger partial charge in [0.05, 0.1) is 0 Å². The molecular formula is C27H33NO. The van der Waals surface area contributed by atoms with Gasteiger partial charge >= 0.3 is 0 Å². The van der Waals surface area contributed by atoms with E-state index in [9.17, 15) is 0 Å². The molecule has 3 aromatic rings. The number of benzene rings is 3. The van der Waals surface area contributed by atoms with Gasteiger partial charge in [0, 0.05) is 0 Å². The van der Waals surface area contributed by atoms with Crippen LogP contribution in [0.5, 0.6) is 5.75 Å². The van der Waals surface area contributed by atoms with Gasteiger partial charge in [-0.3, -0.25) is 0 Å². The van der Waals surface area contributed by atoms with E-state index in [4.69, 9.17) is 10.5 Å². The van der Waals surface area contributed by atoms with Crippen molar-refractivity contribution in [2.75, 3.05) is 6.54 Å². The zero-order valence-corrected chi connectivity index (χ0v) is 17.7. The van der Waals surface area contributed by atoms with Gasteiger partial charge in [0.15, 0.2) is 0 Å². The summed E-state index contributed by atoms with van der Waals surface area (Å²) in [4.78, 5) is 0. The Morgan fingerprint density at radius 1 is 0.862 bits per heavy atom. The number of fused-ring (bicyclic) bond motifs is 1. The van der Waals surface area contributed by atoms with Crippen LogP contribution in [-0.2, 0) is 19.4 Å². The van der Waals surface area contributed by atoms with E-state index >= 15 is 0 Å². The van der Waals surface area contributed by atoms with E-state index in [1.807, 2.05) is 19.9 Å². The molecule has 0 amide bonds. The van der Waals surface area contributed by atoms with Crippen LogP contribution in [0, 0.1) is 5.92 Å². The van der Waals surface area contributed by atoms with Gasteiger partial charge in [-0.15, -0.1) is 0 Å². The standard InChI is InChI=1S/C25H27NO.C2H6/c26-15-14-19-6-11-24-17-25(13-12-23(24)16-19)27-18-20-7-9-22(10-8-20)21-4-2-1-3-5-21;1-2/h1-5,7-10,12-13,17,19H,6,11,14-16,18,26H2;1-2H3. The van der Waals surface area contributed by atoms with E-state index in [0.29, 0.717) is 6.61 Å². The van der Waals surface area contributed by atoms with Crippen LogP contribution in [0.4, 0.5) is 0 Å². The molecule has 4 rings (SSSR count). The normalized spacial score (nSPS) is 15.1. The van der Waals surface area contributed by atoms with Crippen molar-refractivity contribution in [1.82, 2.24) is 0 Å². The number of hydrogen-bond acceptors (Lipinski definition) is 2. The number of ether oxygens (including phenoxy) is 1. The lowest BCUT2D eigenvalue weighted by Gasteiger charge is -2.24. The number of aryl methyl sites for hydroxylation is 1. The Labute approximate surface area is 175 Å². The maximum atomic E-state index is 6.06. The third kappa shape index (κ3) is 5.71. The quantitative estimate of drug-likeness (QED) is 0.530. The lowest BCUT2D eigenvalue weighted by molar-refractivity contribution is 0.305. The Hall–Kier alpha value is -2.58. The first-order valence-electron chi connectivity index (χ1n) is 10.9. The van der Waals surface area contributed by atoms with Crippen LogP contribution in [0.3, 0.4) is 0 Å². The number of rotatable bonds is 6. The van der Waals surface area contributed by atoms with Gasteiger partial charge in [0.1, 0.15) is 12.4 Å². The molecule has 2 heteroatoms. The fraction of sp³-hybridized carbons (Fsp3) is 0.333. The molecule has 0 radical (unpaired) electrons. The van der Waals surface area contributed by atoms with Gasteiger partial charge in [0.2, 0.25) is 0 Å². The lowest BCUT2D eigenvalue weighted by Crippen LogP contribution is -2.17. The highest BCUT2D eigenvalue weighted by molar-refractivity contribution is 5.63. The molecule has 3 aromatic carbocycles. The van der Waals surface area contributed by atoms with Crippen molar-refractivity contribution >= 4 is 0 Å². The Kier molecular flexibility index (Phi) is 7.89. The topological polar surface area (TPSA) is 35.2 Å². The third-order valence-corrected chi connectivity index (χ3v) is 5.55. The van der Waals surface area contributed by atoms with Crippen molar-refractivity contribution in [2.24, 2.45) is 11.7 Å². The molecule has 0 bridgehead atoms. The van der Waals surface area contributed by atoms with Crippen molar-refractivity contribution in [3.63, 3.8) is 0 Å². The molecule has 152 valence electrons. The summed E-state index contributed by atoms with van der Waals surface area (Å²) in [6.45, 7) is 5.40. The van der Waals surface area contributed by atoms with Crippen molar-refractivity contribution < 1.29 is 4.74 Å². The van der Waals surface area contributed by atoms with Crippen LogP contribution in [0.15, 0.2) is 72.8 Å². The third-order valence-electron chi connectivity index (χ3n) is 5.55. The van der Waals surface area contributed by atoms with Gasteiger partial charge in [-0.25, -0.2) is 0 Å². The number of hydrogen-bond donors (Lipinski definition) is 1. The molecule has 1 aliphatic carbocycles. The second-order valence-corrected chi connectivity index (χ2v) is 7.47. The Morgan fingerprint density at radius 2 is 1.59 bits per heavy atom. The Balaban J connectivity index is 0.00000117. The minimum absolute atomic E-state index is 0.601. The van der Waals surface area contributed by atoms with Crippen molar-refractivity contribution in [1.29, 1.82) is 0 Å². The summed E-state index contributed by atoms with van der Waals surface area (Å²) >= 11 is 0. The summed E-state index contributed by atoms with van der Waals surface area (Å²) in [5.41, 5.74) is 12.3. The summed E-state index contributed by atoms with van der Waals surface area (Å²) in [6.07, 6.45) is 4.68. The van der Waals surface area contributed by atoms with Gasteiger partial charge in [-0.2, -0.15) is 0 Å².